The summed E-state index contributed by atoms with van der Waals surface area (Å²) in [7, 11) is 0. The van der Waals surface area contributed by atoms with E-state index in [-0.39, 0.29) is 46.3 Å². The van der Waals surface area contributed by atoms with Crippen molar-refractivity contribution < 1.29 is 27.8 Å². The molecule has 0 amide bonds. The fourth-order valence-electron chi connectivity index (χ4n) is 2.59. The van der Waals surface area contributed by atoms with Crippen LogP contribution in [0.5, 0.6) is 5.75 Å². The number of halogens is 5. The first-order valence-electron chi connectivity index (χ1n) is 8.18. The number of hydrogen-bond donors (Lipinski definition) is 1. The molecule has 0 fully saturated rings. The summed E-state index contributed by atoms with van der Waals surface area (Å²) in [5, 5.41) is 8.92. The van der Waals surface area contributed by atoms with Crippen LogP contribution in [-0.2, 0) is 17.8 Å². The molecule has 0 atom stereocenters. The van der Waals surface area contributed by atoms with E-state index < -0.39 is 29.2 Å². The molecule has 4 nitrogen and oxygen atoms in total. The summed E-state index contributed by atoms with van der Waals surface area (Å²) < 4.78 is 52.0. The lowest BCUT2D eigenvalue weighted by atomic mass is 10.1. The van der Waals surface area contributed by atoms with Gasteiger partial charge in [0, 0.05) is 22.6 Å². The molecule has 2 aromatic carbocycles. The van der Waals surface area contributed by atoms with Gasteiger partial charge in [0.15, 0.2) is 17.4 Å². The van der Waals surface area contributed by atoms with E-state index in [1.165, 1.54) is 12.1 Å². The second kappa shape index (κ2) is 9.02. The van der Waals surface area contributed by atoms with Crippen molar-refractivity contribution >= 4 is 40.7 Å². The zero-order valence-electron chi connectivity index (χ0n) is 14.5. The Balaban J connectivity index is 1.84. The highest BCUT2D eigenvalue weighted by molar-refractivity contribution is 7.10. The first-order valence-corrected chi connectivity index (χ1v) is 9.71. The van der Waals surface area contributed by atoms with Gasteiger partial charge in [0.2, 0.25) is 0 Å². The highest BCUT2D eigenvalue weighted by atomic mass is 35.5. The third-order valence-electron chi connectivity index (χ3n) is 3.96. The van der Waals surface area contributed by atoms with Crippen molar-refractivity contribution in [2.75, 3.05) is 0 Å². The van der Waals surface area contributed by atoms with Gasteiger partial charge in [0.25, 0.3) is 0 Å². The molecule has 0 aliphatic rings. The third-order valence-corrected chi connectivity index (χ3v) is 5.53. The van der Waals surface area contributed by atoms with Gasteiger partial charge in [-0.2, -0.15) is 4.37 Å². The molecule has 3 rings (SSSR count). The summed E-state index contributed by atoms with van der Waals surface area (Å²) in [6, 6.07) is 6.09. The van der Waals surface area contributed by atoms with E-state index in [0.717, 1.165) is 29.7 Å². The van der Waals surface area contributed by atoms with Crippen LogP contribution in [0.2, 0.25) is 10.2 Å². The molecule has 0 saturated heterocycles. The molecule has 152 valence electrons. The van der Waals surface area contributed by atoms with Crippen LogP contribution in [0.25, 0.3) is 10.4 Å². The molecule has 1 heterocycles. The molecule has 0 spiro atoms. The second-order valence-corrected chi connectivity index (χ2v) is 7.54. The van der Waals surface area contributed by atoms with Crippen molar-refractivity contribution in [3.05, 3.63) is 69.1 Å². The maximum absolute atomic E-state index is 14.3. The van der Waals surface area contributed by atoms with Gasteiger partial charge in [0.1, 0.15) is 17.6 Å². The Kier molecular flexibility index (Phi) is 6.66. The molecule has 0 aliphatic carbocycles. The van der Waals surface area contributed by atoms with Gasteiger partial charge in [-0.1, -0.05) is 23.2 Å². The molecular weight excluding hydrogens is 450 g/mol. The number of aliphatic carboxylic acids is 1. The molecule has 3 aromatic rings. The zero-order chi connectivity index (χ0) is 21.1. The van der Waals surface area contributed by atoms with Gasteiger partial charge in [-0.3, -0.25) is 4.79 Å². The molecule has 0 aliphatic heterocycles. The summed E-state index contributed by atoms with van der Waals surface area (Å²) in [5.74, 6) is -4.28. The molecular formula is C19H12Cl2F3NO3S. The van der Waals surface area contributed by atoms with Crippen molar-refractivity contribution in [2.24, 2.45) is 0 Å². The molecule has 1 N–H and O–H groups in total. The number of aromatic nitrogens is 1. The highest BCUT2D eigenvalue weighted by Crippen LogP contribution is 2.36. The number of carboxylic acids is 1. The third kappa shape index (κ3) is 5.01. The van der Waals surface area contributed by atoms with Crippen molar-refractivity contribution in [3.8, 4) is 16.2 Å². The zero-order valence-corrected chi connectivity index (χ0v) is 16.8. The Bertz CT molecular complexity index is 1050. The van der Waals surface area contributed by atoms with E-state index in [4.69, 9.17) is 33.0 Å². The fourth-order valence-corrected chi connectivity index (χ4v) is 3.87. The summed E-state index contributed by atoms with van der Waals surface area (Å²) in [6.45, 7) is -0.352. The van der Waals surface area contributed by atoms with E-state index in [0.29, 0.717) is 4.88 Å². The Hall–Kier alpha value is -2.29. The van der Waals surface area contributed by atoms with E-state index in [1.807, 2.05) is 0 Å². The molecule has 0 bridgehead atoms. The van der Waals surface area contributed by atoms with E-state index in [1.54, 1.807) is 0 Å². The number of rotatable bonds is 7. The van der Waals surface area contributed by atoms with Gasteiger partial charge in [-0.15, -0.1) is 0 Å². The maximum atomic E-state index is 14.3. The van der Waals surface area contributed by atoms with Crippen LogP contribution < -0.4 is 4.74 Å². The number of nitrogens with zero attached hydrogens (tertiary/aromatic N) is 1. The Labute approximate surface area is 177 Å². The lowest BCUT2D eigenvalue weighted by Gasteiger charge is -2.11. The highest BCUT2D eigenvalue weighted by Gasteiger charge is 2.20. The molecule has 0 unspecified atom stereocenters. The molecule has 29 heavy (non-hydrogen) atoms. The van der Waals surface area contributed by atoms with E-state index >= 15 is 0 Å². The van der Waals surface area contributed by atoms with Gasteiger partial charge in [-0.05, 0) is 53.8 Å². The fraction of sp³-hybridized carbons (Fsp3) is 0.158. The van der Waals surface area contributed by atoms with E-state index in [2.05, 4.69) is 4.37 Å². The molecule has 10 heteroatoms. The minimum Gasteiger partial charge on any atom is -0.483 e. The van der Waals surface area contributed by atoms with Crippen LogP contribution in [0.3, 0.4) is 0 Å². The minimum atomic E-state index is -1.08. The Morgan fingerprint density at radius 1 is 1.10 bits per heavy atom. The van der Waals surface area contributed by atoms with Gasteiger partial charge < -0.3 is 9.84 Å². The summed E-state index contributed by atoms with van der Waals surface area (Å²) in [6.07, 6.45) is -0.283. The van der Waals surface area contributed by atoms with Gasteiger partial charge in [0.05, 0.1) is 4.88 Å². The SMILES string of the molecule is O=C(O)CCc1cc(F)c(OCc2c(Cl)nsc2-c2ccc(Cl)cc2F)c(F)c1. The van der Waals surface area contributed by atoms with E-state index in [9.17, 15) is 18.0 Å². The van der Waals surface area contributed by atoms with Crippen LogP contribution in [0.15, 0.2) is 30.3 Å². The molecule has 0 saturated carbocycles. The monoisotopic (exact) mass is 461 g/mol. The van der Waals surface area contributed by atoms with Gasteiger partial charge >= 0.3 is 5.97 Å². The summed E-state index contributed by atoms with van der Waals surface area (Å²) >= 11 is 12.7. The first-order chi connectivity index (χ1) is 13.8. The van der Waals surface area contributed by atoms with Crippen LogP contribution in [0.1, 0.15) is 17.5 Å². The van der Waals surface area contributed by atoms with Crippen LogP contribution in [0.4, 0.5) is 13.2 Å². The summed E-state index contributed by atoms with van der Waals surface area (Å²) in [5.41, 5.74) is 0.642. The lowest BCUT2D eigenvalue weighted by molar-refractivity contribution is -0.136. The lowest BCUT2D eigenvalue weighted by Crippen LogP contribution is -2.03. The Morgan fingerprint density at radius 3 is 2.41 bits per heavy atom. The van der Waals surface area contributed by atoms with Crippen LogP contribution in [0, 0.1) is 17.5 Å². The van der Waals surface area contributed by atoms with Crippen molar-refractivity contribution in [1.82, 2.24) is 4.37 Å². The number of carboxylic acid groups (broad SMARTS) is 1. The first kappa shape index (κ1) is 21.4. The van der Waals surface area contributed by atoms with Crippen LogP contribution >= 0.6 is 34.7 Å². The Morgan fingerprint density at radius 2 is 1.79 bits per heavy atom. The van der Waals surface area contributed by atoms with Crippen molar-refractivity contribution in [3.63, 3.8) is 0 Å². The largest absolute Gasteiger partial charge is 0.483 e. The second-order valence-electron chi connectivity index (χ2n) is 5.98. The molecule has 0 radical (unpaired) electrons. The predicted molar refractivity (Wildman–Crippen MR) is 104 cm³/mol. The molecule has 1 aromatic heterocycles. The normalized spacial score (nSPS) is 10.9. The number of benzene rings is 2. The predicted octanol–water partition coefficient (Wildman–Crippen LogP) is 6.13. The van der Waals surface area contributed by atoms with Crippen molar-refractivity contribution in [1.29, 1.82) is 0 Å². The number of hydrogen-bond acceptors (Lipinski definition) is 4. The number of ether oxygens (including phenoxy) is 1. The topological polar surface area (TPSA) is 59.4 Å². The smallest absolute Gasteiger partial charge is 0.303 e. The van der Waals surface area contributed by atoms with Crippen LogP contribution in [-0.4, -0.2) is 15.4 Å². The quantitative estimate of drug-likeness (QED) is 0.459. The minimum absolute atomic E-state index is 0.0241. The summed E-state index contributed by atoms with van der Waals surface area (Å²) in [4.78, 5) is 11.0. The van der Waals surface area contributed by atoms with Gasteiger partial charge in [-0.25, -0.2) is 13.2 Å². The average molecular weight is 462 g/mol. The standard InChI is InChI=1S/C19H12Cl2F3NO3S/c20-10-2-3-11(13(22)7-10)18-12(19(21)25-29-18)8-28-17-14(23)5-9(6-15(17)24)1-4-16(26)27/h2-3,5-7H,1,4,8H2,(H,26,27). The number of carbonyl (C=O) groups is 1. The number of aryl methyl sites for hydroxylation is 1. The average Bonchev–Trinajstić information content (AvgIpc) is 3.00. The maximum Gasteiger partial charge on any atom is 0.303 e. The van der Waals surface area contributed by atoms with Crippen molar-refractivity contribution in [2.45, 2.75) is 19.4 Å².